The van der Waals surface area contributed by atoms with Crippen molar-refractivity contribution in [3.05, 3.63) is 50.7 Å². The summed E-state index contributed by atoms with van der Waals surface area (Å²) in [7, 11) is 0. The third-order valence-corrected chi connectivity index (χ3v) is 5.76. The number of rotatable bonds is 2. The molecule has 3 nitrogen and oxygen atoms in total. The fourth-order valence-corrected chi connectivity index (χ4v) is 4.56. The molecule has 0 saturated carbocycles. The van der Waals surface area contributed by atoms with Gasteiger partial charge in [-0.1, -0.05) is 12.1 Å². The summed E-state index contributed by atoms with van der Waals surface area (Å²) < 4.78 is 0. The maximum Gasteiger partial charge on any atom is 0.228 e. The van der Waals surface area contributed by atoms with E-state index >= 15 is 0 Å². The van der Waals surface area contributed by atoms with Crippen molar-refractivity contribution in [1.82, 2.24) is 0 Å². The molecule has 0 spiro atoms. The first-order chi connectivity index (χ1) is 10.2. The maximum atomic E-state index is 11.4. The van der Waals surface area contributed by atoms with E-state index in [0.29, 0.717) is 6.42 Å². The highest BCUT2D eigenvalue weighted by Gasteiger charge is 2.21. The van der Waals surface area contributed by atoms with Crippen LogP contribution in [0.5, 0.6) is 0 Å². The van der Waals surface area contributed by atoms with Gasteiger partial charge in [0.1, 0.15) is 0 Å². The SMILES string of the molecule is NC(c1ccc2c(c1)CC(=O)N2)c1cc2c(s1)CCCC2. The number of amides is 1. The summed E-state index contributed by atoms with van der Waals surface area (Å²) in [6, 6.07) is 8.30. The lowest BCUT2D eigenvalue weighted by atomic mass is 9.97. The van der Waals surface area contributed by atoms with Gasteiger partial charge >= 0.3 is 0 Å². The largest absolute Gasteiger partial charge is 0.326 e. The summed E-state index contributed by atoms with van der Waals surface area (Å²) in [5.41, 5.74) is 11.1. The van der Waals surface area contributed by atoms with Gasteiger partial charge in [-0.05, 0) is 54.5 Å². The monoisotopic (exact) mass is 298 g/mol. The summed E-state index contributed by atoms with van der Waals surface area (Å²) in [4.78, 5) is 14.2. The van der Waals surface area contributed by atoms with Gasteiger partial charge in [-0.3, -0.25) is 4.79 Å². The molecular weight excluding hydrogens is 280 g/mol. The number of hydrogen-bond acceptors (Lipinski definition) is 3. The van der Waals surface area contributed by atoms with E-state index in [1.54, 1.807) is 0 Å². The fraction of sp³-hybridized carbons (Fsp3) is 0.353. The summed E-state index contributed by atoms with van der Waals surface area (Å²) in [6.07, 6.45) is 5.47. The highest BCUT2D eigenvalue weighted by atomic mass is 32.1. The third kappa shape index (κ3) is 2.28. The minimum absolute atomic E-state index is 0.0716. The van der Waals surface area contributed by atoms with Gasteiger partial charge < -0.3 is 11.1 Å². The van der Waals surface area contributed by atoms with Gasteiger partial charge in [-0.15, -0.1) is 11.3 Å². The highest BCUT2D eigenvalue weighted by Crippen LogP contribution is 2.35. The Kier molecular flexibility index (Phi) is 3.08. The Morgan fingerprint density at radius 1 is 1.14 bits per heavy atom. The van der Waals surface area contributed by atoms with E-state index in [1.807, 2.05) is 23.5 Å². The van der Waals surface area contributed by atoms with E-state index in [9.17, 15) is 4.79 Å². The number of benzene rings is 1. The van der Waals surface area contributed by atoms with Crippen LogP contribution in [0.4, 0.5) is 5.69 Å². The Morgan fingerprint density at radius 3 is 2.86 bits per heavy atom. The molecule has 1 aliphatic carbocycles. The topological polar surface area (TPSA) is 55.1 Å². The van der Waals surface area contributed by atoms with Gasteiger partial charge in [0, 0.05) is 15.4 Å². The first kappa shape index (κ1) is 13.0. The van der Waals surface area contributed by atoms with Gasteiger partial charge in [0.25, 0.3) is 0 Å². The molecule has 1 aliphatic heterocycles. The Labute approximate surface area is 128 Å². The highest BCUT2D eigenvalue weighted by molar-refractivity contribution is 7.12. The van der Waals surface area contributed by atoms with E-state index < -0.39 is 0 Å². The Bertz CT molecular complexity index is 696. The average molecular weight is 298 g/mol. The van der Waals surface area contributed by atoms with Crippen LogP contribution in [-0.4, -0.2) is 5.91 Å². The van der Waals surface area contributed by atoms with Crippen LogP contribution in [0, 0.1) is 0 Å². The molecule has 108 valence electrons. The quantitative estimate of drug-likeness (QED) is 0.894. The van der Waals surface area contributed by atoms with E-state index in [2.05, 4.69) is 17.4 Å². The normalized spacial score (nSPS) is 18.0. The third-order valence-electron chi connectivity index (χ3n) is 4.44. The summed E-state index contributed by atoms with van der Waals surface area (Å²) in [5, 5.41) is 2.87. The van der Waals surface area contributed by atoms with E-state index in [0.717, 1.165) is 16.8 Å². The standard InChI is InChI=1S/C17H18N2OS/c18-17(15-8-10-3-1-2-4-14(10)21-15)11-5-6-13-12(7-11)9-16(20)19-13/h5-8,17H,1-4,9,18H2,(H,19,20). The number of anilines is 1. The molecule has 0 saturated heterocycles. The molecule has 2 heterocycles. The molecule has 1 aromatic heterocycles. The lowest BCUT2D eigenvalue weighted by Crippen LogP contribution is -2.10. The molecule has 0 bridgehead atoms. The van der Waals surface area contributed by atoms with Crippen LogP contribution in [-0.2, 0) is 24.1 Å². The molecule has 3 N–H and O–H groups in total. The lowest BCUT2D eigenvalue weighted by Gasteiger charge is -2.11. The minimum Gasteiger partial charge on any atom is -0.326 e. The van der Waals surface area contributed by atoms with Crippen molar-refractivity contribution >= 4 is 22.9 Å². The lowest BCUT2D eigenvalue weighted by molar-refractivity contribution is -0.115. The van der Waals surface area contributed by atoms with Crippen molar-refractivity contribution in [3.63, 3.8) is 0 Å². The van der Waals surface area contributed by atoms with Crippen LogP contribution in [0.15, 0.2) is 24.3 Å². The first-order valence-corrected chi connectivity index (χ1v) is 8.32. The van der Waals surface area contributed by atoms with Crippen molar-refractivity contribution in [2.24, 2.45) is 5.73 Å². The number of thiophene rings is 1. The second-order valence-corrected chi connectivity index (χ2v) is 7.09. The molecule has 4 rings (SSSR count). The van der Waals surface area contributed by atoms with Crippen molar-refractivity contribution in [1.29, 1.82) is 0 Å². The van der Waals surface area contributed by atoms with Crippen LogP contribution in [0.1, 0.15) is 45.3 Å². The van der Waals surface area contributed by atoms with Gasteiger partial charge in [-0.2, -0.15) is 0 Å². The van der Waals surface area contributed by atoms with Gasteiger partial charge in [0.2, 0.25) is 5.91 Å². The molecule has 1 aromatic carbocycles. The van der Waals surface area contributed by atoms with E-state index in [-0.39, 0.29) is 11.9 Å². The Balaban J connectivity index is 1.65. The molecular formula is C17H18N2OS. The molecule has 0 fully saturated rings. The summed E-state index contributed by atoms with van der Waals surface area (Å²) in [6.45, 7) is 0. The molecule has 1 amide bonds. The Hall–Kier alpha value is -1.65. The zero-order valence-electron chi connectivity index (χ0n) is 11.8. The molecule has 1 atom stereocenters. The molecule has 21 heavy (non-hydrogen) atoms. The van der Waals surface area contributed by atoms with Crippen LogP contribution < -0.4 is 11.1 Å². The number of carbonyl (C=O) groups excluding carboxylic acids is 1. The van der Waals surface area contributed by atoms with Gasteiger partial charge in [0.05, 0.1) is 12.5 Å². The summed E-state index contributed by atoms with van der Waals surface area (Å²) in [5.74, 6) is 0.0716. The van der Waals surface area contributed by atoms with Crippen molar-refractivity contribution in [3.8, 4) is 0 Å². The second kappa shape index (κ2) is 4.97. The number of carbonyl (C=O) groups is 1. The van der Waals surface area contributed by atoms with Gasteiger partial charge in [-0.25, -0.2) is 0 Å². The predicted octanol–water partition coefficient (Wildman–Crippen LogP) is 3.17. The second-order valence-electron chi connectivity index (χ2n) is 5.92. The van der Waals surface area contributed by atoms with E-state index in [1.165, 1.54) is 41.0 Å². The van der Waals surface area contributed by atoms with Crippen molar-refractivity contribution in [2.75, 3.05) is 5.32 Å². The zero-order chi connectivity index (χ0) is 14.4. The van der Waals surface area contributed by atoms with Crippen LogP contribution >= 0.6 is 11.3 Å². The molecule has 2 aliphatic rings. The van der Waals surface area contributed by atoms with Crippen LogP contribution in [0.25, 0.3) is 0 Å². The Morgan fingerprint density at radius 2 is 2.00 bits per heavy atom. The van der Waals surface area contributed by atoms with Crippen molar-refractivity contribution in [2.45, 2.75) is 38.1 Å². The number of nitrogens with one attached hydrogen (secondary N) is 1. The molecule has 0 radical (unpaired) electrons. The minimum atomic E-state index is -0.0818. The summed E-state index contributed by atoms with van der Waals surface area (Å²) >= 11 is 1.86. The number of nitrogens with two attached hydrogens (primary N) is 1. The molecule has 4 heteroatoms. The zero-order valence-corrected chi connectivity index (χ0v) is 12.6. The van der Waals surface area contributed by atoms with Crippen LogP contribution in [0.2, 0.25) is 0 Å². The maximum absolute atomic E-state index is 11.4. The fourth-order valence-electron chi connectivity index (χ4n) is 3.27. The van der Waals surface area contributed by atoms with Crippen molar-refractivity contribution < 1.29 is 4.79 Å². The number of aryl methyl sites for hydroxylation is 2. The number of fused-ring (bicyclic) bond motifs is 2. The average Bonchev–Trinajstić information content (AvgIpc) is 3.07. The predicted molar refractivity (Wildman–Crippen MR) is 85.8 cm³/mol. The van der Waals surface area contributed by atoms with Crippen LogP contribution in [0.3, 0.4) is 0 Å². The molecule has 2 aromatic rings. The van der Waals surface area contributed by atoms with Gasteiger partial charge in [0.15, 0.2) is 0 Å². The molecule has 1 unspecified atom stereocenters. The van der Waals surface area contributed by atoms with E-state index in [4.69, 9.17) is 5.73 Å². The smallest absolute Gasteiger partial charge is 0.228 e. The number of hydrogen-bond donors (Lipinski definition) is 2. The first-order valence-electron chi connectivity index (χ1n) is 7.50.